The summed E-state index contributed by atoms with van der Waals surface area (Å²) in [5.41, 5.74) is 0.294. The van der Waals surface area contributed by atoms with Gasteiger partial charge in [0, 0.05) is 12.5 Å². The summed E-state index contributed by atoms with van der Waals surface area (Å²) >= 11 is 11.7. The second-order valence-corrected chi connectivity index (χ2v) is 7.53. The number of ether oxygens (including phenoxy) is 1. The maximum atomic E-state index is 11.9. The zero-order valence-electron chi connectivity index (χ0n) is 13.3. The summed E-state index contributed by atoms with van der Waals surface area (Å²) in [5.74, 6) is -1.37. The van der Waals surface area contributed by atoms with Crippen molar-refractivity contribution in [2.24, 2.45) is 5.41 Å². The molecule has 24 heavy (non-hydrogen) atoms. The van der Waals surface area contributed by atoms with E-state index in [9.17, 15) is 19.7 Å². The van der Waals surface area contributed by atoms with Crippen LogP contribution in [-0.4, -0.2) is 27.7 Å². The van der Waals surface area contributed by atoms with Gasteiger partial charge in [0.05, 0.1) is 4.92 Å². The molecule has 1 aliphatic rings. The maximum Gasteiger partial charge on any atom is 0.315 e. The van der Waals surface area contributed by atoms with Gasteiger partial charge >= 0.3 is 5.97 Å². The second-order valence-electron chi connectivity index (χ2n) is 6.05. The van der Waals surface area contributed by atoms with Crippen LogP contribution >= 0.6 is 23.2 Å². The molecule has 7 nitrogen and oxygen atoms in total. The second kappa shape index (κ2) is 6.22. The fourth-order valence-electron chi connectivity index (χ4n) is 2.15. The molecule has 1 aromatic carbocycles. The van der Waals surface area contributed by atoms with E-state index in [1.807, 2.05) is 0 Å². The number of alkyl halides is 2. The van der Waals surface area contributed by atoms with Crippen LogP contribution in [0.2, 0.25) is 0 Å². The predicted molar refractivity (Wildman–Crippen MR) is 89.3 cm³/mol. The molecule has 1 aliphatic carbocycles. The van der Waals surface area contributed by atoms with Crippen molar-refractivity contribution in [2.75, 3.05) is 11.9 Å². The molecule has 0 unspecified atom stereocenters. The Morgan fingerprint density at radius 2 is 1.88 bits per heavy atom. The van der Waals surface area contributed by atoms with Crippen LogP contribution in [0.1, 0.15) is 24.5 Å². The van der Waals surface area contributed by atoms with Gasteiger partial charge in [-0.05, 0) is 38.0 Å². The quantitative estimate of drug-likeness (QED) is 0.369. The fourth-order valence-corrected chi connectivity index (χ4v) is 2.84. The Morgan fingerprint density at radius 3 is 2.38 bits per heavy atom. The number of nitrogens with one attached hydrogen (secondary N) is 1. The number of hydrogen-bond acceptors (Lipinski definition) is 5. The summed E-state index contributed by atoms with van der Waals surface area (Å²) in [5, 5.41) is 13.5. The van der Waals surface area contributed by atoms with Crippen LogP contribution in [0.3, 0.4) is 0 Å². The largest absolute Gasteiger partial charge is 0.455 e. The van der Waals surface area contributed by atoms with Crippen molar-refractivity contribution in [2.45, 2.75) is 31.5 Å². The Bertz CT molecular complexity index is 735. The molecule has 0 aliphatic heterocycles. The van der Waals surface area contributed by atoms with E-state index >= 15 is 0 Å². The average molecular weight is 375 g/mol. The minimum absolute atomic E-state index is 0.0471. The van der Waals surface area contributed by atoms with Crippen LogP contribution in [0, 0.1) is 29.4 Å². The van der Waals surface area contributed by atoms with Gasteiger partial charge in [0.25, 0.3) is 11.6 Å². The van der Waals surface area contributed by atoms with Gasteiger partial charge in [0.2, 0.25) is 0 Å². The highest BCUT2D eigenvalue weighted by atomic mass is 35.5. The highest BCUT2D eigenvalue weighted by Gasteiger charge is 2.69. The van der Waals surface area contributed by atoms with Crippen molar-refractivity contribution in [1.82, 2.24) is 0 Å². The summed E-state index contributed by atoms with van der Waals surface area (Å²) in [7, 11) is 0. The van der Waals surface area contributed by atoms with Crippen LogP contribution in [0.25, 0.3) is 0 Å². The predicted octanol–water partition coefficient (Wildman–Crippen LogP) is 3.28. The number of nitro groups is 1. The van der Waals surface area contributed by atoms with E-state index in [2.05, 4.69) is 5.32 Å². The van der Waals surface area contributed by atoms with Crippen molar-refractivity contribution < 1.29 is 19.2 Å². The topological polar surface area (TPSA) is 98.5 Å². The Labute approximate surface area is 148 Å². The number of carbonyl (C=O) groups is 2. The molecule has 9 heteroatoms. The van der Waals surface area contributed by atoms with Gasteiger partial charge in [0.15, 0.2) is 6.61 Å². The lowest BCUT2D eigenvalue weighted by Crippen LogP contribution is -2.27. The lowest BCUT2D eigenvalue weighted by atomic mass is 10.1. The van der Waals surface area contributed by atoms with Crippen molar-refractivity contribution in [1.29, 1.82) is 0 Å². The number of esters is 1. The molecule has 1 amide bonds. The third-order valence-corrected chi connectivity index (χ3v) is 5.23. The number of hydrogen-bond donors (Lipinski definition) is 1. The number of rotatable bonds is 5. The number of aryl methyl sites for hydroxylation is 2. The van der Waals surface area contributed by atoms with Crippen LogP contribution in [0.15, 0.2) is 12.1 Å². The Hall–Kier alpha value is -1.86. The molecule has 0 radical (unpaired) electrons. The first-order chi connectivity index (χ1) is 11.0. The van der Waals surface area contributed by atoms with E-state index in [4.69, 9.17) is 27.9 Å². The van der Waals surface area contributed by atoms with Crippen LogP contribution in [0.5, 0.6) is 0 Å². The van der Waals surface area contributed by atoms with Crippen molar-refractivity contribution >= 4 is 46.5 Å². The molecule has 2 rings (SSSR count). The van der Waals surface area contributed by atoms with Crippen LogP contribution in [-0.2, 0) is 14.3 Å². The molecule has 0 saturated heterocycles. The average Bonchev–Trinajstić information content (AvgIpc) is 2.99. The normalized spacial score (nSPS) is 21.0. The molecule has 0 bridgehead atoms. The molecular formula is C15H16Cl2N2O5. The van der Waals surface area contributed by atoms with E-state index < -0.39 is 33.2 Å². The number of amides is 1. The molecule has 1 atom stereocenters. The smallest absolute Gasteiger partial charge is 0.315 e. The lowest BCUT2D eigenvalue weighted by Gasteiger charge is -2.12. The van der Waals surface area contributed by atoms with E-state index in [0.717, 1.165) is 11.1 Å². The zero-order valence-corrected chi connectivity index (χ0v) is 14.8. The highest BCUT2D eigenvalue weighted by molar-refractivity contribution is 6.53. The SMILES string of the molecule is Cc1cc(NC(=O)COC(=O)[C@@]2(C)CC2(Cl)Cl)c([N+](=O)[O-])cc1C. The van der Waals surface area contributed by atoms with E-state index in [-0.39, 0.29) is 17.8 Å². The van der Waals surface area contributed by atoms with E-state index in [1.165, 1.54) is 12.1 Å². The maximum absolute atomic E-state index is 11.9. The number of nitro benzene ring substituents is 1. The van der Waals surface area contributed by atoms with Gasteiger partial charge in [-0.15, -0.1) is 23.2 Å². The first-order valence-electron chi connectivity index (χ1n) is 7.08. The number of carbonyl (C=O) groups excluding carboxylic acids is 2. The molecule has 0 spiro atoms. The first kappa shape index (κ1) is 18.5. The highest BCUT2D eigenvalue weighted by Crippen LogP contribution is 2.64. The standard InChI is InChI=1S/C15H16Cl2N2O5/c1-8-4-10(11(19(22)23)5-9(8)2)18-12(20)6-24-13(21)14(3)7-15(14,16)17/h4-5H,6-7H2,1-3H3,(H,18,20)/t14-/m1/s1. The minimum Gasteiger partial charge on any atom is -0.455 e. The van der Waals surface area contributed by atoms with Gasteiger partial charge in [-0.3, -0.25) is 19.7 Å². The first-order valence-corrected chi connectivity index (χ1v) is 7.84. The number of nitrogens with zero attached hydrogens (tertiary/aromatic N) is 1. The van der Waals surface area contributed by atoms with Gasteiger partial charge in [0.1, 0.15) is 15.4 Å². The summed E-state index contributed by atoms with van der Waals surface area (Å²) in [6.07, 6.45) is 0.242. The minimum atomic E-state index is -1.19. The van der Waals surface area contributed by atoms with Gasteiger partial charge < -0.3 is 10.1 Å². The molecule has 0 aromatic heterocycles. The van der Waals surface area contributed by atoms with E-state index in [0.29, 0.717) is 0 Å². The van der Waals surface area contributed by atoms with Crippen molar-refractivity contribution in [3.63, 3.8) is 0 Å². The summed E-state index contributed by atoms with van der Waals surface area (Å²) in [4.78, 5) is 34.3. The Kier molecular flexibility index (Phi) is 4.79. The molecule has 130 valence electrons. The van der Waals surface area contributed by atoms with Crippen molar-refractivity contribution in [3.05, 3.63) is 33.4 Å². The Balaban J connectivity index is 2.02. The van der Waals surface area contributed by atoms with Crippen LogP contribution < -0.4 is 5.32 Å². The van der Waals surface area contributed by atoms with Gasteiger partial charge in [-0.2, -0.15) is 0 Å². The molecule has 1 fully saturated rings. The lowest BCUT2D eigenvalue weighted by molar-refractivity contribution is -0.384. The third-order valence-electron chi connectivity index (χ3n) is 4.13. The molecule has 1 aromatic rings. The third kappa shape index (κ3) is 3.47. The molecular weight excluding hydrogens is 359 g/mol. The number of benzene rings is 1. The zero-order chi connectivity index (χ0) is 18.3. The van der Waals surface area contributed by atoms with Gasteiger partial charge in [-0.1, -0.05) is 0 Å². The van der Waals surface area contributed by atoms with E-state index in [1.54, 1.807) is 20.8 Å². The monoisotopic (exact) mass is 374 g/mol. The molecule has 1 N–H and O–H groups in total. The Morgan fingerprint density at radius 1 is 1.33 bits per heavy atom. The summed E-state index contributed by atoms with van der Waals surface area (Å²) in [6.45, 7) is 4.46. The molecule has 1 saturated carbocycles. The fraction of sp³-hybridized carbons (Fsp3) is 0.467. The van der Waals surface area contributed by atoms with Crippen molar-refractivity contribution in [3.8, 4) is 0 Å². The summed E-state index contributed by atoms with van der Waals surface area (Å²) in [6, 6.07) is 2.87. The number of anilines is 1. The molecule has 0 heterocycles. The van der Waals surface area contributed by atoms with Crippen LogP contribution in [0.4, 0.5) is 11.4 Å². The summed E-state index contributed by atoms with van der Waals surface area (Å²) < 4.78 is 3.72. The van der Waals surface area contributed by atoms with Gasteiger partial charge in [-0.25, -0.2) is 0 Å². The number of halogens is 2.